The molecule has 0 aromatic carbocycles. The van der Waals surface area contributed by atoms with Crippen molar-refractivity contribution < 1.29 is 14.7 Å². The molecule has 3 aliphatic rings. The summed E-state index contributed by atoms with van der Waals surface area (Å²) in [5, 5.41) is 15.5. The summed E-state index contributed by atoms with van der Waals surface area (Å²) in [5.74, 6) is 1.26. The van der Waals surface area contributed by atoms with Crippen LogP contribution in [-0.4, -0.2) is 35.6 Å². The van der Waals surface area contributed by atoms with Crippen LogP contribution in [0.1, 0.15) is 70.6 Å². The van der Waals surface area contributed by atoms with Crippen LogP contribution in [-0.2, 0) is 9.59 Å². The van der Waals surface area contributed by atoms with Gasteiger partial charge in [0.25, 0.3) is 0 Å². The number of hydrogen-bond acceptors (Lipinski definition) is 3. The molecule has 0 radical (unpaired) electrons. The van der Waals surface area contributed by atoms with E-state index in [2.05, 4.69) is 10.6 Å². The molecule has 3 fully saturated rings. The van der Waals surface area contributed by atoms with Crippen molar-refractivity contribution in [3.05, 3.63) is 0 Å². The van der Waals surface area contributed by atoms with Crippen molar-refractivity contribution in [1.82, 2.24) is 10.6 Å². The second-order valence-corrected chi connectivity index (χ2v) is 8.00. The summed E-state index contributed by atoms with van der Waals surface area (Å²) >= 11 is 0. The molecule has 0 spiro atoms. The van der Waals surface area contributed by atoms with E-state index in [9.17, 15) is 9.59 Å². The van der Waals surface area contributed by atoms with E-state index < -0.39 is 0 Å². The zero-order chi connectivity index (χ0) is 16.9. The summed E-state index contributed by atoms with van der Waals surface area (Å²) in [6.45, 7) is 0.140. The van der Waals surface area contributed by atoms with E-state index in [1.165, 1.54) is 25.7 Å². The highest BCUT2D eigenvalue weighted by Gasteiger charge is 2.34. The molecule has 1 unspecified atom stereocenters. The minimum Gasteiger partial charge on any atom is -0.396 e. The summed E-state index contributed by atoms with van der Waals surface area (Å²) in [6, 6.07) is 0.404. The highest BCUT2D eigenvalue weighted by atomic mass is 16.3. The van der Waals surface area contributed by atoms with Crippen molar-refractivity contribution in [1.29, 1.82) is 0 Å². The summed E-state index contributed by atoms with van der Waals surface area (Å²) < 4.78 is 0. The Morgan fingerprint density at radius 3 is 2.08 bits per heavy atom. The van der Waals surface area contributed by atoms with Gasteiger partial charge < -0.3 is 15.7 Å². The first kappa shape index (κ1) is 17.7. The van der Waals surface area contributed by atoms with Gasteiger partial charge >= 0.3 is 0 Å². The van der Waals surface area contributed by atoms with E-state index in [0.717, 1.165) is 38.5 Å². The van der Waals surface area contributed by atoms with Gasteiger partial charge in [0.15, 0.2) is 0 Å². The van der Waals surface area contributed by atoms with Crippen LogP contribution in [0, 0.1) is 17.8 Å². The van der Waals surface area contributed by atoms with Crippen LogP contribution in [0.2, 0.25) is 0 Å². The molecule has 3 rings (SSSR count). The fraction of sp³-hybridized carbons (Fsp3) is 0.895. The first-order valence-corrected chi connectivity index (χ1v) is 9.89. The molecule has 3 aliphatic carbocycles. The van der Waals surface area contributed by atoms with Gasteiger partial charge in [-0.2, -0.15) is 0 Å². The molecule has 0 aromatic heterocycles. The smallest absolute Gasteiger partial charge is 0.223 e. The second kappa shape index (κ2) is 8.32. The van der Waals surface area contributed by atoms with Crippen molar-refractivity contribution in [3.8, 4) is 0 Å². The third-order valence-corrected chi connectivity index (χ3v) is 6.13. The van der Waals surface area contributed by atoms with Crippen LogP contribution in [0.4, 0.5) is 0 Å². The highest BCUT2D eigenvalue weighted by molar-refractivity contribution is 5.80. The molecule has 1 atom stereocenters. The summed E-state index contributed by atoms with van der Waals surface area (Å²) in [4.78, 5) is 24.7. The van der Waals surface area contributed by atoms with Crippen molar-refractivity contribution in [2.75, 3.05) is 6.61 Å². The van der Waals surface area contributed by atoms with Gasteiger partial charge in [-0.05, 0) is 63.7 Å². The summed E-state index contributed by atoms with van der Waals surface area (Å²) in [6.07, 6.45) is 11.0. The lowest BCUT2D eigenvalue weighted by Gasteiger charge is -2.30. The van der Waals surface area contributed by atoms with Gasteiger partial charge in [0.05, 0.1) is 0 Å². The van der Waals surface area contributed by atoms with Crippen LogP contribution < -0.4 is 10.6 Å². The van der Waals surface area contributed by atoms with Gasteiger partial charge in [-0.25, -0.2) is 0 Å². The zero-order valence-electron chi connectivity index (χ0n) is 14.6. The molecule has 3 saturated carbocycles. The number of nitrogens with one attached hydrogen (secondary N) is 2. The van der Waals surface area contributed by atoms with Gasteiger partial charge in [-0.1, -0.05) is 12.8 Å². The SMILES string of the molecule is O=C(NC1CCC(C(=O)NC(CCO)C2CC2)CC1)C1CCCC1. The van der Waals surface area contributed by atoms with E-state index in [1.54, 1.807) is 0 Å². The molecule has 0 bridgehead atoms. The molecule has 136 valence electrons. The molecule has 0 aromatic rings. The quantitative estimate of drug-likeness (QED) is 0.666. The Labute approximate surface area is 145 Å². The van der Waals surface area contributed by atoms with Crippen molar-refractivity contribution in [3.63, 3.8) is 0 Å². The largest absolute Gasteiger partial charge is 0.396 e. The van der Waals surface area contributed by atoms with Crippen LogP contribution >= 0.6 is 0 Å². The lowest BCUT2D eigenvalue weighted by molar-refractivity contribution is -0.127. The number of amides is 2. The third kappa shape index (κ3) is 4.71. The molecular formula is C19H32N2O3. The minimum atomic E-state index is 0.0737. The number of aliphatic hydroxyl groups excluding tert-OH is 1. The van der Waals surface area contributed by atoms with Gasteiger partial charge in [0, 0.05) is 30.5 Å². The van der Waals surface area contributed by atoms with Gasteiger partial charge in [-0.15, -0.1) is 0 Å². The van der Waals surface area contributed by atoms with Crippen LogP contribution in [0.25, 0.3) is 0 Å². The first-order valence-electron chi connectivity index (χ1n) is 9.89. The number of rotatable bonds is 7. The van der Waals surface area contributed by atoms with E-state index in [-0.39, 0.29) is 42.3 Å². The van der Waals surface area contributed by atoms with E-state index in [4.69, 9.17) is 5.11 Å². The van der Waals surface area contributed by atoms with Crippen LogP contribution in [0.15, 0.2) is 0 Å². The van der Waals surface area contributed by atoms with Crippen molar-refractivity contribution in [2.45, 2.75) is 82.7 Å². The minimum absolute atomic E-state index is 0.0737. The normalized spacial score (nSPS) is 29.2. The van der Waals surface area contributed by atoms with Crippen molar-refractivity contribution >= 4 is 11.8 Å². The fourth-order valence-corrected chi connectivity index (χ4v) is 4.37. The van der Waals surface area contributed by atoms with E-state index in [0.29, 0.717) is 12.3 Å². The Balaban J connectivity index is 1.39. The number of carbonyl (C=O) groups is 2. The van der Waals surface area contributed by atoms with E-state index >= 15 is 0 Å². The van der Waals surface area contributed by atoms with Gasteiger partial charge in [0.1, 0.15) is 0 Å². The average Bonchev–Trinajstić information content (AvgIpc) is 3.28. The Hall–Kier alpha value is -1.10. The molecular weight excluding hydrogens is 304 g/mol. The lowest BCUT2D eigenvalue weighted by Crippen LogP contribution is -2.45. The lowest BCUT2D eigenvalue weighted by atomic mass is 9.85. The number of hydrogen-bond donors (Lipinski definition) is 3. The zero-order valence-corrected chi connectivity index (χ0v) is 14.6. The Kier molecular flexibility index (Phi) is 6.14. The molecule has 2 amide bonds. The second-order valence-electron chi connectivity index (χ2n) is 8.00. The Bertz CT molecular complexity index is 436. The average molecular weight is 336 g/mol. The molecule has 0 aliphatic heterocycles. The Morgan fingerprint density at radius 2 is 1.50 bits per heavy atom. The highest BCUT2D eigenvalue weighted by Crippen LogP contribution is 2.34. The van der Waals surface area contributed by atoms with Crippen molar-refractivity contribution in [2.24, 2.45) is 17.8 Å². The molecule has 3 N–H and O–H groups in total. The van der Waals surface area contributed by atoms with Crippen LogP contribution in [0.5, 0.6) is 0 Å². The molecule has 0 saturated heterocycles. The third-order valence-electron chi connectivity index (χ3n) is 6.13. The molecule has 5 heteroatoms. The number of carbonyl (C=O) groups excluding carboxylic acids is 2. The van der Waals surface area contributed by atoms with Gasteiger partial charge in [0.2, 0.25) is 11.8 Å². The number of aliphatic hydroxyl groups is 1. The maximum absolute atomic E-state index is 12.5. The van der Waals surface area contributed by atoms with Crippen LogP contribution in [0.3, 0.4) is 0 Å². The fourth-order valence-electron chi connectivity index (χ4n) is 4.37. The standard InChI is InChI=1S/C19H32N2O3/c22-12-11-17(13-5-6-13)21-19(24)15-7-9-16(10-8-15)20-18(23)14-3-1-2-4-14/h13-17,22H,1-12H2,(H,20,23)(H,21,24). The molecule has 5 nitrogen and oxygen atoms in total. The van der Waals surface area contributed by atoms with E-state index in [1.807, 2.05) is 0 Å². The predicted octanol–water partition coefficient (Wildman–Crippen LogP) is 2.13. The maximum Gasteiger partial charge on any atom is 0.223 e. The monoisotopic (exact) mass is 336 g/mol. The summed E-state index contributed by atoms with van der Waals surface area (Å²) in [7, 11) is 0. The topological polar surface area (TPSA) is 78.4 Å². The molecule has 0 heterocycles. The first-order chi connectivity index (χ1) is 11.7. The van der Waals surface area contributed by atoms with Gasteiger partial charge in [-0.3, -0.25) is 9.59 Å². The summed E-state index contributed by atoms with van der Waals surface area (Å²) in [5.41, 5.74) is 0. The Morgan fingerprint density at radius 1 is 0.875 bits per heavy atom. The maximum atomic E-state index is 12.5. The predicted molar refractivity (Wildman–Crippen MR) is 92.2 cm³/mol. The molecule has 24 heavy (non-hydrogen) atoms.